The number of nitrogens with one attached hydrogen (secondary N) is 2. The zero-order chi connectivity index (χ0) is 29.2. The number of aromatic nitrogens is 4. The normalized spacial score (nSPS) is 15.3. The van der Waals surface area contributed by atoms with Crippen molar-refractivity contribution in [3.63, 3.8) is 0 Å². The van der Waals surface area contributed by atoms with Crippen LogP contribution in [-0.2, 0) is 30.2 Å². The van der Waals surface area contributed by atoms with Gasteiger partial charge in [0.1, 0.15) is 23.7 Å². The Morgan fingerprint density at radius 3 is 2.54 bits per heavy atom. The van der Waals surface area contributed by atoms with Crippen LogP contribution in [-0.4, -0.2) is 67.2 Å². The van der Waals surface area contributed by atoms with Gasteiger partial charge in [-0.15, -0.1) is 0 Å². The van der Waals surface area contributed by atoms with Gasteiger partial charge in [0.15, 0.2) is 11.5 Å². The smallest absolute Gasteiger partial charge is 0.326 e. The highest BCUT2D eigenvalue weighted by molar-refractivity contribution is 7.59. The molecule has 0 aromatic carbocycles. The molecule has 0 saturated carbocycles. The van der Waals surface area contributed by atoms with Crippen molar-refractivity contribution in [2.45, 2.75) is 97.9 Å². The molecule has 2 aromatic rings. The molecule has 2 heterocycles. The van der Waals surface area contributed by atoms with E-state index in [0.717, 1.165) is 25.7 Å². The van der Waals surface area contributed by atoms with E-state index in [1.807, 2.05) is 13.8 Å². The van der Waals surface area contributed by atoms with Gasteiger partial charge in [-0.3, -0.25) is 14.2 Å². The van der Waals surface area contributed by atoms with Gasteiger partial charge in [-0.25, -0.2) is 25.1 Å². The number of carbonyl (C=O) groups excluding carboxylic acids is 1. The lowest BCUT2D eigenvalue weighted by molar-refractivity contribution is -0.149. The number of fused-ring (bicyclic) bond motifs is 1. The SMILES string of the molecule is CCCCCCOC(=O)C(C)(C)NP(=O)(CO[C@H](C)Cn1cnc2c(N)ncnc21)N[C@@H](CC(=O)O)C(C)C. The van der Waals surface area contributed by atoms with Gasteiger partial charge in [-0.2, -0.15) is 0 Å². The van der Waals surface area contributed by atoms with E-state index < -0.39 is 37.1 Å². The number of carbonyl (C=O) groups is 2. The lowest BCUT2D eigenvalue weighted by Gasteiger charge is -2.34. The summed E-state index contributed by atoms with van der Waals surface area (Å²) in [4.78, 5) is 36.8. The second-order valence-corrected chi connectivity index (χ2v) is 12.9. The fourth-order valence-corrected chi connectivity index (χ4v) is 6.54. The van der Waals surface area contributed by atoms with Crippen molar-refractivity contribution in [3.8, 4) is 0 Å². The first-order chi connectivity index (χ1) is 18.3. The number of nitrogens with zero attached hydrogens (tertiary/aromatic N) is 4. The maximum absolute atomic E-state index is 14.2. The van der Waals surface area contributed by atoms with Crippen LogP contribution in [0.15, 0.2) is 12.7 Å². The van der Waals surface area contributed by atoms with Crippen molar-refractivity contribution in [1.82, 2.24) is 29.7 Å². The van der Waals surface area contributed by atoms with E-state index in [-0.39, 0.29) is 31.1 Å². The molecule has 0 aliphatic rings. The van der Waals surface area contributed by atoms with E-state index >= 15 is 0 Å². The molecule has 14 heteroatoms. The third-order valence-corrected chi connectivity index (χ3v) is 8.38. The molecule has 0 amide bonds. The molecule has 0 saturated heterocycles. The van der Waals surface area contributed by atoms with Crippen molar-refractivity contribution in [3.05, 3.63) is 12.7 Å². The highest BCUT2D eigenvalue weighted by atomic mass is 31.2. The molecule has 2 aromatic heterocycles. The van der Waals surface area contributed by atoms with Gasteiger partial charge >= 0.3 is 11.9 Å². The standard InChI is InChI=1S/C25H44N7O6P/c1-7-8-9-10-11-37-24(35)25(5,6)31-39(36,30-19(17(2)3)12-20(33)34)16-38-18(4)13-32-15-29-21-22(26)27-14-28-23(21)32/h14-15,17-19H,7-13,16H2,1-6H3,(H,33,34)(H2,26,27,28)(H2,30,31,36)/t18-,19+,39?/m1/s1. The molecule has 0 bridgehead atoms. The lowest BCUT2D eigenvalue weighted by Crippen LogP contribution is -2.50. The van der Waals surface area contributed by atoms with Crippen LogP contribution < -0.4 is 15.9 Å². The minimum atomic E-state index is -3.67. The number of hydrogen-bond donors (Lipinski definition) is 4. The molecule has 39 heavy (non-hydrogen) atoms. The number of rotatable bonds is 18. The molecular formula is C25H44N7O6P. The molecule has 0 aliphatic carbocycles. The Kier molecular flexibility index (Phi) is 12.3. The predicted octanol–water partition coefficient (Wildman–Crippen LogP) is 3.54. The quantitative estimate of drug-likeness (QED) is 0.116. The largest absolute Gasteiger partial charge is 0.481 e. The molecule has 220 valence electrons. The summed E-state index contributed by atoms with van der Waals surface area (Å²) in [6.45, 7) is 11.3. The minimum absolute atomic E-state index is 0.148. The Balaban J connectivity index is 2.16. The minimum Gasteiger partial charge on any atom is -0.481 e. The zero-order valence-corrected chi connectivity index (χ0v) is 24.7. The van der Waals surface area contributed by atoms with Gasteiger partial charge < -0.3 is 24.9 Å². The average Bonchev–Trinajstić information content (AvgIpc) is 3.25. The summed E-state index contributed by atoms with van der Waals surface area (Å²) in [7, 11) is -3.67. The average molecular weight is 570 g/mol. The number of carboxylic acid groups (broad SMARTS) is 1. The molecule has 1 unspecified atom stereocenters. The van der Waals surface area contributed by atoms with Crippen LogP contribution in [0, 0.1) is 5.92 Å². The lowest BCUT2D eigenvalue weighted by atomic mass is 10.0. The fraction of sp³-hybridized carbons (Fsp3) is 0.720. The molecule has 5 N–H and O–H groups in total. The number of nitrogens with two attached hydrogens (primary N) is 1. The number of esters is 1. The van der Waals surface area contributed by atoms with Gasteiger partial charge in [-0.1, -0.05) is 40.0 Å². The summed E-state index contributed by atoms with van der Waals surface area (Å²) in [6.07, 6.45) is 5.77. The summed E-state index contributed by atoms with van der Waals surface area (Å²) < 4.78 is 27.4. The van der Waals surface area contributed by atoms with E-state index in [4.69, 9.17) is 15.2 Å². The second-order valence-electron chi connectivity index (χ2n) is 10.7. The summed E-state index contributed by atoms with van der Waals surface area (Å²) in [5.41, 5.74) is 5.56. The van der Waals surface area contributed by atoms with Gasteiger partial charge in [0.25, 0.3) is 0 Å². The molecule has 0 aliphatic heterocycles. The third kappa shape index (κ3) is 10.1. The Morgan fingerprint density at radius 2 is 1.90 bits per heavy atom. The number of unbranched alkanes of at least 4 members (excludes halogenated alkanes) is 3. The maximum Gasteiger partial charge on any atom is 0.326 e. The van der Waals surface area contributed by atoms with Crippen molar-refractivity contribution >= 4 is 36.4 Å². The monoisotopic (exact) mass is 569 g/mol. The van der Waals surface area contributed by atoms with Crippen molar-refractivity contribution in [1.29, 1.82) is 0 Å². The number of nitrogen functional groups attached to an aromatic ring is 1. The van der Waals surface area contributed by atoms with E-state index in [0.29, 0.717) is 17.7 Å². The van der Waals surface area contributed by atoms with E-state index in [2.05, 4.69) is 32.1 Å². The molecule has 0 fully saturated rings. The van der Waals surface area contributed by atoms with Crippen LogP contribution in [0.4, 0.5) is 5.82 Å². The first-order valence-electron chi connectivity index (χ1n) is 13.4. The molecule has 2 rings (SSSR count). The number of aliphatic carboxylic acids is 1. The van der Waals surface area contributed by atoms with E-state index in [1.54, 1.807) is 31.7 Å². The first-order valence-corrected chi connectivity index (χ1v) is 15.3. The van der Waals surface area contributed by atoms with Gasteiger partial charge in [-0.05, 0) is 33.1 Å². The van der Waals surface area contributed by atoms with Crippen molar-refractivity contribution in [2.75, 3.05) is 18.7 Å². The van der Waals surface area contributed by atoms with Gasteiger partial charge in [0, 0.05) is 6.04 Å². The predicted molar refractivity (Wildman–Crippen MR) is 149 cm³/mol. The highest BCUT2D eigenvalue weighted by Crippen LogP contribution is 2.41. The topological polar surface area (TPSA) is 184 Å². The van der Waals surface area contributed by atoms with Crippen LogP contribution in [0.25, 0.3) is 11.2 Å². The molecule has 0 radical (unpaired) electrons. The Bertz CT molecular complexity index is 1140. The third-order valence-electron chi connectivity index (χ3n) is 6.20. The zero-order valence-electron chi connectivity index (χ0n) is 23.8. The van der Waals surface area contributed by atoms with Crippen molar-refractivity contribution in [2.24, 2.45) is 5.92 Å². The summed E-state index contributed by atoms with van der Waals surface area (Å²) in [5.74, 6) is -1.45. The fourth-order valence-electron chi connectivity index (χ4n) is 3.95. The Labute approximate surface area is 230 Å². The number of ether oxygens (including phenoxy) is 2. The number of hydrogen-bond acceptors (Lipinski definition) is 9. The number of anilines is 1. The highest BCUT2D eigenvalue weighted by Gasteiger charge is 2.39. The van der Waals surface area contributed by atoms with E-state index in [1.165, 1.54) is 6.33 Å². The van der Waals surface area contributed by atoms with Gasteiger partial charge in [0.2, 0.25) is 7.44 Å². The van der Waals surface area contributed by atoms with Crippen molar-refractivity contribution < 1.29 is 28.7 Å². The van der Waals surface area contributed by atoms with Crippen LogP contribution in [0.3, 0.4) is 0 Å². The molecule has 0 spiro atoms. The summed E-state index contributed by atoms with van der Waals surface area (Å²) in [6, 6.07) is -0.627. The van der Waals surface area contributed by atoms with Crippen LogP contribution in [0.2, 0.25) is 0 Å². The Hall–Kier alpha value is -2.60. The molecule has 13 nitrogen and oxygen atoms in total. The number of carboxylic acids is 1. The summed E-state index contributed by atoms with van der Waals surface area (Å²) >= 11 is 0. The van der Waals surface area contributed by atoms with Crippen LogP contribution in [0.1, 0.15) is 73.6 Å². The first kappa shape index (κ1) is 32.6. The molecular weight excluding hydrogens is 525 g/mol. The maximum atomic E-state index is 14.2. The molecule has 3 atom stereocenters. The van der Waals surface area contributed by atoms with Gasteiger partial charge in [0.05, 0.1) is 32.0 Å². The second kappa shape index (κ2) is 14.7. The van der Waals surface area contributed by atoms with E-state index in [9.17, 15) is 19.3 Å². The van der Waals surface area contributed by atoms with Crippen LogP contribution in [0.5, 0.6) is 0 Å². The van der Waals surface area contributed by atoms with Crippen LogP contribution >= 0.6 is 7.44 Å². The Morgan fingerprint density at radius 1 is 1.18 bits per heavy atom. The summed E-state index contributed by atoms with van der Waals surface area (Å²) in [5, 5.41) is 15.3. The number of imidazole rings is 1.